The summed E-state index contributed by atoms with van der Waals surface area (Å²) in [5, 5.41) is 10.5. The number of fused-ring (bicyclic) bond motifs is 1. The molecule has 4 nitrogen and oxygen atoms in total. The minimum absolute atomic E-state index is 0.624. The summed E-state index contributed by atoms with van der Waals surface area (Å²) in [5.74, 6) is 0.922. The number of hydrogen-bond donors (Lipinski definition) is 1. The van der Waals surface area contributed by atoms with Crippen LogP contribution in [-0.2, 0) is 0 Å². The maximum Gasteiger partial charge on any atom is 0.159 e. The summed E-state index contributed by atoms with van der Waals surface area (Å²) in [6, 6.07) is 8.14. The molecule has 0 unspecified atom stereocenters. The van der Waals surface area contributed by atoms with E-state index in [9.17, 15) is 0 Å². The van der Waals surface area contributed by atoms with Crippen molar-refractivity contribution in [1.82, 2.24) is 10.2 Å². The van der Waals surface area contributed by atoms with Crippen molar-refractivity contribution in [3.8, 4) is 0 Å². The van der Waals surface area contributed by atoms with Crippen molar-refractivity contribution in [2.24, 2.45) is 5.73 Å². The lowest BCUT2D eigenvalue weighted by atomic mass is 10.2. The predicted molar refractivity (Wildman–Crippen MR) is 66.5 cm³/mol. The molecule has 0 fully saturated rings. The topological polar surface area (TPSA) is 55.0 Å². The molecule has 2 N–H and O–H groups in total. The van der Waals surface area contributed by atoms with E-state index in [1.807, 2.05) is 18.2 Å². The molecule has 0 amide bonds. The zero-order chi connectivity index (χ0) is 11.4. The van der Waals surface area contributed by atoms with E-state index in [1.165, 1.54) is 0 Å². The Hall–Kier alpha value is -1.68. The molecule has 0 aliphatic carbocycles. The Morgan fingerprint density at radius 1 is 1.31 bits per heavy atom. The summed E-state index contributed by atoms with van der Waals surface area (Å²) < 4.78 is 0. The molecule has 0 spiro atoms. The van der Waals surface area contributed by atoms with Crippen LogP contribution >= 0.6 is 0 Å². The Morgan fingerprint density at radius 3 is 2.88 bits per heavy atom. The zero-order valence-corrected chi connectivity index (χ0v) is 9.43. The van der Waals surface area contributed by atoms with Crippen LogP contribution in [0.15, 0.2) is 30.5 Å². The van der Waals surface area contributed by atoms with Crippen molar-refractivity contribution < 1.29 is 0 Å². The van der Waals surface area contributed by atoms with Crippen LogP contribution in [-0.4, -0.2) is 29.8 Å². The second-order valence-electron chi connectivity index (χ2n) is 3.62. The first-order valence-electron chi connectivity index (χ1n) is 5.52. The number of aromatic nitrogens is 2. The van der Waals surface area contributed by atoms with Crippen molar-refractivity contribution >= 4 is 16.6 Å². The molecule has 2 aromatic rings. The SMILES string of the molecule is CCN(CCN)c1nncc2ccccc12. The van der Waals surface area contributed by atoms with Gasteiger partial charge in [0.2, 0.25) is 0 Å². The van der Waals surface area contributed by atoms with E-state index in [4.69, 9.17) is 5.73 Å². The first-order chi connectivity index (χ1) is 7.86. The first-order valence-corrected chi connectivity index (χ1v) is 5.52. The van der Waals surface area contributed by atoms with Gasteiger partial charge in [-0.05, 0) is 6.92 Å². The number of benzene rings is 1. The summed E-state index contributed by atoms with van der Waals surface area (Å²) in [5.41, 5.74) is 5.60. The fraction of sp³-hybridized carbons (Fsp3) is 0.333. The highest BCUT2D eigenvalue weighted by Crippen LogP contribution is 2.22. The molecule has 4 heteroatoms. The molecule has 84 valence electrons. The molecule has 16 heavy (non-hydrogen) atoms. The molecule has 1 heterocycles. The molecule has 0 aliphatic rings. The third-order valence-electron chi connectivity index (χ3n) is 2.63. The average Bonchev–Trinajstić information content (AvgIpc) is 2.35. The second-order valence-corrected chi connectivity index (χ2v) is 3.62. The maximum atomic E-state index is 5.60. The molecular weight excluding hydrogens is 200 g/mol. The van der Waals surface area contributed by atoms with E-state index in [1.54, 1.807) is 6.20 Å². The van der Waals surface area contributed by atoms with Crippen molar-refractivity contribution in [1.29, 1.82) is 0 Å². The van der Waals surface area contributed by atoms with Gasteiger partial charge in [0.15, 0.2) is 5.82 Å². The summed E-state index contributed by atoms with van der Waals surface area (Å²) >= 11 is 0. The van der Waals surface area contributed by atoms with E-state index in [-0.39, 0.29) is 0 Å². The zero-order valence-electron chi connectivity index (χ0n) is 9.43. The van der Waals surface area contributed by atoms with Crippen molar-refractivity contribution in [3.63, 3.8) is 0 Å². The Bertz CT molecular complexity index is 464. The number of nitrogens with zero attached hydrogens (tertiary/aromatic N) is 3. The Labute approximate surface area is 95.1 Å². The van der Waals surface area contributed by atoms with Crippen LogP contribution in [0.1, 0.15) is 6.92 Å². The highest BCUT2D eigenvalue weighted by Gasteiger charge is 2.09. The van der Waals surface area contributed by atoms with Crippen LogP contribution in [0.3, 0.4) is 0 Å². The molecule has 0 radical (unpaired) electrons. The summed E-state index contributed by atoms with van der Waals surface area (Å²) in [7, 11) is 0. The van der Waals surface area contributed by atoms with E-state index in [0.29, 0.717) is 6.54 Å². The molecule has 0 saturated carbocycles. The number of likely N-dealkylation sites (N-methyl/N-ethyl adjacent to an activating group) is 1. The predicted octanol–water partition coefficient (Wildman–Crippen LogP) is 1.41. The highest BCUT2D eigenvalue weighted by atomic mass is 15.3. The fourth-order valence-corrected chi connectivity index (χ4v) is 1.82. The van der Waals surface area contributed by atoms with Crippen LogP contribution in [0.25, 0.3) is 10.8 Å². The van der Waals surface area contributed by atoms with Gasteiger partial charge < -0.3 is 10.6 Å². The lowest BCUT2D eigenvalue weighted by Crippen LogP contribution is -2.30. The minimum Gasteiger partial charge on any atom is -0.354 e. The fourth-order valence-electron chi connectivity index (χ4n) is 1.82. The molecule has 1 aromatic heterocycles. The van der Waals surface area contributed by atoms with E-state index in [0.717, 1.165) is 29.7 Å². The second kappa shape index (κ2) is 4.90. The van der Waals surface area contributed by atoms with Gasteiger partial charge in [0.05, 0.1) is 6.20 Å². The standard InChI is InChI=1S/C12H16N4/c1-2-16(8-7-13)12-11-6-4-3-5-10(11)9-14-15-12/h3-6,9H,2,7-8,13H2,1H3. The van der Waals surface area contributed by atoms with Crippen LogP contribution in [0.2, 0.25) is 0 Å². The summed E-state index contributed by atoms with van der Waals surface area (Å²) in [4.78, 5) is 2.15. The highest BCUT2D eigenvalue weighted by molar-refractivity contribution is 5.91. The van der Waals surface area contributed by atoms with Crippen LogP contribution in [0.4, 0.5) is 5.82 Å². The largest absolute Gasteiger partial charge is 0.354 e. The first kappa shape index (κ1) is 10.8. The maximum absolute atomic E-state index is 5.60. The van der Waals surface area contributed by atoms with Gasteiger partial charge in [-0.25, -0.2) is 0 Å². The number of nitrogens with two attached hydrogens (primary N) is 1. The molecule has 0 atom stereocenters. The van der Waals surface area contributed by atoms with Gasteiger partial charge in [-0.15, -0.1) is 5.10 Å². The summed E-state index contributed by atoms with van der Waals surface area (Å²) in [6.45, 7) is 4.41. The molecule has 0 bridgehead atoms. The normalized spacial score (nSPS) is 10.6. The Kier molecular flexibility index (Phi) is 3.31. The van der Waals surface area contributed by atoms with Crippen molar-refractivity contribution in [3.05, 3.63) is 30.5 Å². The van der Waals surface area contributed by atoms with Crippen molar-refractivity contribution in [2.75, 3.05) is 24.5 Å². The van der Waals surface area contributed by atoms with Gasteiger partial charge in [0.25, 0.3) is 0 Å². The third kappa shape index (κ3) is 1.97. The van der Waals surface area contributed by atoms with E-state index in [2.05, 4.69) is 28.1 Å². The lowest BCUT2D eigenvalue weighted by molar-refractivity contribution is 0.793. The van der Waals surface area contributed by atoms with Crippen molar-refractivity contribution in [2.45, 2.75) is 6.92 Å². The number of anilines is 1. The Morgan fingerprint density at radius 2 is 2.12 bits per heavy atom. The van der Waals surface area contributed by atoms with Gasteiger partial charge in [-0.3, -0.25) is 0 Å². The van der Waals surface area contributed by atoms with Crippen LogP contribution < -0.4 is 10.6 Å². The molecule has 0 saturated heterocycles. The van der Waals surface area contributed by atoms with Gasteiger partial charge in [0.1, 0.15) is 0 Å². The van der Waals surface area contributed by atoms with Gasteiger partial charge >= 0.3 is 0 Å². The van der Waals surface area contributed by atoms with E-state index >= 15 is 0 Å². The smallest absolute Gasteiger partial charge is 0.159 e. The molecular formula is C12H16N4. The molecule has 2 rings (SSSR count). The minimum atomic E-state index is 0.624. The molecule has 1 aromatic carbocycles. The van der Waals surface area contributed by atoms with Crippen LogP contribution in [0, 0.1) is 0 Å². The van der Waals surface area contributed by atoms with Crippen LogP contribution in [0.5, 0.6) is 0 Å². The quantitative estimate of drug-likeness (QED) is 0.839. The van der Waals surface area contributed by atoms with Gasteiger partial charge in [-0.2, -0.15) is 5.10 Å². The lowest BCUT2D eigenvalue weighted by Gasteiger charge is -2.21. The molecule has 0 aliphatic heterocycles. The van der Waals surface area contributed by atoms with Gasteiger partial charge in [0, 0.05) is 30.4 Å². The number of rotatable bonds is 4. The van der Waals surface area contributed by atoms with Gasteiger partial charge in [-0.1, -0.05) is 24.3 Å². The monoisotopic (exact) mass is 216 g/mol. The van der Waals surface area contributed by atoms with E-state index < -0.39 is 0 Å². The number of hydrogen-bond acceptors (Lipinski definition) is 4. The Balaban J connectivity index is 2.50. The average molecular weight is 216 g/mol. The summed E-state index contributed by atoms with van der Waals surface area (Å²) in [6.07, 6.45) is 1.79. The third-order valence-corrected chi connectivity index (χ3v) is 2.63.